The van der Waals surface area contributed by atoms with Crippen molar-refractivity contribution in [2.24, 2.45) is 5.92 Å². The average Bonchev–Trinajstić information content (AvgIpc) is 3.15. The molecular formula is C21H31N3O3. The van der Waals surface area contributed by atoms with E-state index in [0.29, 0.717) is 18.7 Å². The quantitative estimate of drug-likeness (QED) is 0.830. The van der Waals surface area contributed by atoms with Crippen LogP contribution in [-0.2, 0) is 4.79 Å². The summed E-state index contributed by atoms with van der Waals surface area (Å²) < 4.78 is 5.14. The number of hydrogen-bond donors (Lipinski definition) is 1. The molecule has 2 amide bonds. The van der Waals surface area contributed by atoms with Crippen molar-refractivity contribution in [2.75, 3.05) is 39.8 Å². The van der Waals surface area contributed by atoms with Gasteiger partial charge in [-0.15, -0.1) is 0 Å². The molecule has 3 rings (SSSR count). The summed E-state index contributed by atoms with van der Waals surface area (Å²) in [5.41, 5.74) is 0.667. The highest BCUT2D eigenvalue weighted by atomic mass is 16.5. The Labute approximate surface area is 161 Å². The predicted molar refractivity (Wildman–Crippen MR) is 105 cm³/mol. The number of nitrogens with one attached hydrogen (secondary N) is 1. The van der Waals surface area contributed by atoms with E-state index in [2.05, 4.69) is 17.1 Å². The van der Waals surface area contributed by atoms with E-state index in [4.69, 9.17) is 4.74 Å². The topological polar surface area (TPSA) is 61.9 Å². The maximum atomic E-state index is 12.6. The van der Waals surface area contributed by atoms with E-state index in [-0.39, 0.29) is 23.8 Å². The molecule has 6 nitrogen and oxygen atoms in total. The van der Waals surface area contributed by atoms with Crippen LogP contribution in [0.5, 0.6) is 5.75 Å². The minimum absolute atomic E-state index is 0.0187. The van der Waals surface area contributed by atoms with Gasteiger partial charge in [-0.05, 0) is 56.5 Å². The Morgan fingerprint density at radius 3 is 2.44 bits per heavy atom. The molecule has 1 atom stereocenters. The number of methoxy groups -OCH3 is 1. The molecule has 27 heavy (non-hydrogen) atoms. The fraction of sp³-hybridized carbons (Fsp3) is 0.619. The third-order valence-corrected chi connectivity index (χ3v) is 5.65. The summed E-state index contributed by atoms with van der Waals surface area (Å²) >= 11 is 0. The lowest BCUT2D eigenvalue weighted by Gasteiger charge is -2.32. The molecule has 1 aromatic carbocycles. The molecule has 2 fully saturated rings. The van der Waals surface area contributed by atoms with Gasteiger partial charge < -0.3 is 19.9 Å². The molecule has 0 radical (unpaired) electrons. The SMILES string of the molecule is CCCN1CC[C@@H](NC(=O)C2CCN(C(=O)c3ccc(OC)cc3)CC2)C1. The van der Waals surface area contributed by atoms with Gasteiger partial charge in [0, 0.05) is 43.7 Å². The molecule has 2 heterocycles. The summed E-state index contributed by atoms with van der Waals surface area (Å²) in [6.07, 6.45) is 3.67. The number of carbonyl (C=O) groups is 2. The monoisotopic (exact) mass is 373 g/mol. The van der Waals surface area contributed by atoms with Crippen LogP contribution in [0.25, 0.3) is 0 Å². The van der Waals surface area contributed by atoms with Crippen LogP contribution in [0.15, 0.2) is 24.3 Å². The molecule has 1 aromatic rings. The number of hydrogen-bond acceptors (Lipinski definition) is 4. The second-order valence-electron chi connectivity index (χ2n) is 7.59. The van der Waals surface area contributed by atoms with E-state index in [1.54, 1.807) is 31.4 Å². The highest BCUT2D eigenvalue weighted by Gasteiger charge is 2.30. The minimum atomic E-state index is 0.0187. The zero-order valence-electron chi connectivity index (χ0n) is 16.4. The molecule has 0 spiro atoms. The highest BCUT2D eigenvalue weighted by molar-refractivity contribution is 5.94. The molecule has 2 saturated heterocycles. The van der Waals surface area contributed by atoms with E-state index in [0.717, 1.165) is 51.1 Å². The summed E-state index contributed by atoms with van der Waals surface area (Å²) in [6.45, 7) is 6.61. The Bertz CT molecular complexity index is 639. The van der Waals surface area contributed by atoms with Gasteiger partial charge in [-0.3, -0.25) is 9.59 Å². The Balaban J connectivity index is 1.45. The van der Waals surface area contributed by atoms with Crippen molar-refractivity contribution in [1.82, 2.24) is 15.1 Å². The molecule has 6 heteroatoms. The average molecular weight is 373 g/mol. The van der Waals surface area contributed by atoms with E-state index >= 15 is 0 Å². The van der Waals surface area contributed by atoms with Crippen LogP contribution in [0.2, 0.25) is 0 Å². The van der Waals surface area contributed by atoms with Gasteiger partial charge in [-0.25, -0.2) is 0 Å². The molecule has 148 valence electrons. The number of carbonyl (C=O) groups excluding carboxylic acids is 2. The molecule has 1 N–H and O–H groups in total. The summed E-state index contributed by atoms with van der Waals surface area (Å²) in [5.74, 6) is 0.953. The minimum Gasteiger partial charge on any atom is -0.497 e. The first-order chi connectivity index (χ1) is 13.1. The van der Waals surface area contributed by atoms with Gasteiger partial charge in [0.1, 0.15) is 5.75 Å². The van der Waals surface area contributed by atoms with Crippen molar-refractivity contribution >= 4 is 11.8 Å². The first kappa shape index (κ1) is 19.7. The smallest absolute Gasteiger partial charge is 0.253 e. The Kier molecular flexibility index (Phi) is 6.72. The summed E-state index contributed by atoms with van der Waals surface area (Å²) in [5, 5.41) is 3.23. The van der Waals surface area contributed by atoms with Crippen molar-refractivity contribution in [3.8, 4) is 5.75 Å². The molecule has 0 saturated carbocycles. The predicted octanol–water partition coefficient (Wildman–Crippen LogP) is 2.15. The van der Waals surface area contributed by atoms with Crippen molar-refractivity contribution in [3.63, 3.8) is 0 Å². The lowest BCUT2D eigenvalue weighted by atomic mass is 9.95. The number of ether oxygens (including phenoxy) is 1. The van der Waals surface area contributed by atoms with Crippen molar-refractivity contribution in [1.29, 1.82) is 0 Å². The highest BCUT2D eigenvalue weighted by Crippen LogP contribution is 2.21. The van der Waals surface area contributed by atoms with Crippen molar-refractivity contribution in [3.05, 3.63) is 29.8 Å². The Morgan fingerprint density at radius 1 is 1.11 bits per heavy atom. The van der Waals surface area contributed by atoms with Gasteiger partial charge in [0.2, 0.25) is 5.91 Å². The molecule has 2 aliphatic rings. The first-order valence-electron chi connectivity index (χ1n) is 10.1. The van der Waals surface area contributed by atoms with Crippen LogP contribution in [0, 0.1) is 5.92 Å². The molecule has 0 aliphatic carbocycles. The summed E-state index contributed by atoms with van der Waals surface area (Å²) in [6, 6.07) is 7.47. The van der Waals surface area contributed by atoms with Gasteiger partial charge >= 0.3 is 0 Å². The standard InChI is InChI=1S/C21H31N3O3/c1-3-11-23-12-10-18(15-23)22-20(25)16-8-13-24(14-9-16)21(26)17-4-6-19(27-2)7-5-17/h4-7,16,18H,3,8-15H2,1-2H3,(H,22,25)/t18-/m1/s1. The number of rotatable bonds is 6. The number of likely N-dealkylation sites (tertiary alicyclic amines) is 2. The van der Waals surface area contributed by atoms with E-state index in [9.17, 15) is 9.59 Å². The van der Waals surface area contributed by atoms with E-state index < -0.39 is 0 Å². The van der Waals surface area contributed by atoms with Gasteiger partial charge in [0.15, 0.2) is 0 Å². The van der Waals surface area contributed by atoms with Crippen LogP contribution in [-0.4, -0.2) is 67.5 Å². The van der Waals surface area contributed by atoms with Gasteiger partial charge in [-0.2, -0.15) is 0 Å². The third-order valence-electron chi connectivity index (χ3n) is 5.65. The zero-order chi connectivity index (χ0) is 19.2. The molecule has 0 aromatic heterocycles. The maximum absolute atomic E-state index is 12.6. The number of benzene rings is 1. The number of nitrogens with zero attached hydrogens (tertiary/aromatic N) is 2. The molecule has 0 unspecified atom stereocenters. The van der Waals surface area contributed by atoms with Crippen molar-refractivity contribution < 1.29 is 14.3 Å². The Hall–Kier alpha value is -2.08. The second kappa shape index (κ2) is 9.22. The number of amides is 2. The molecular weight excluding hydrogens is 342 g/mol. The molecule has 0 bridgehead atoms. The zero-order valence-corrected chi connectivity index (χ0v) is 16.4. The molecule has 2 aliphatic heterocycles. The Morgan fingerprint density at radius 2 is 1.81 bits per heavy atom. The van der Waals surface area contributed by atoms with Crippen LogP contribution < -0.4 is 10.1 Å². The fourth-order valence-electron chi connectivity index (χ4n) is 4.05. The normalized spacial score (nSPS) is 21.3. The lowest BCUT2D eigenvalue weighted by molar-refractivity contribution is -0.126. The fourth-order valence-corrected chi connectivity index (χ4v) is 4.05. The van der Waals surface area contributed by atoms with Crippen LogP contribution in [0.1, 0.15) is 43.0 Å². The summed E-state index contributed by atoms with van der Waals surface area (Å²) in [4.78, 5) is 29.5. The van der Waals surface area contributed by atoms with Gasteiger partial charge in [0.25, 0.3) is 5.91 Å². The van der Waals surface area contributed by atoms with Crippen LogP contribution in [0.3, 0.4) is 0 Å². The van der Waals surface area contributed by atoms with Gasteiger partial charge in [-0.1, -0.05) is 6.92 Å². The second-order valence-corrected chi connectivity index (χ2v) is 7.59. The first-order valence-corrected chi connectivity index (χ1v) is 10.1. The van der Waals surface area contributed by atoms with Crippen LogP contribution in [0.4, 0.5) is 0 Å². The number of piperidine rings is 1. The summed E-state index contributed by atoms with van der Waals surface area (Å²) in [7, 11) is 1.61. The third kappa shape index (κ3) is 5.01. The van der Waals surface area contributed by atoms with Crippen molar-refractivity contribution in [2.45, 2.75) is 38.6 Å². The van der Waals surface area contributed by atoms with Gasteiger partial charge in [0.05, 0.1) is 7.11 Å². The lowest BCUT2D eigenvalue weighted by Crippen LogP contribution is -2.46. The van der Waals surface area contributed by atoms with E-state index in [1.807, 2.05) is 4.90 Å². The van der Waals surface area contributed by atoms with Crippen LogP contribution >= 0.6 is 0 Å². The van der Waals surface area contributed by atoms with E-state index in [1.165, 1.54) is 0 Å². The maximum Gasteiger partial charge on any atom is 0.253 e. The largest absolute Gasteiger partial charge is 0.497 e.